The molecule has 2 aromatic rings. The highest BCUT2D eigenvalue weighted by atomic mass is 16.2. The average molecular weight is 298 g/mol. The van der Waals surface area contributed by atoms with Crippen molar-refractivity contribution in [1.82, 2.24) is 15.6 Å². The molecule has 5 heteroatoms. The maximum Gasteiger partial charge on any atom is 0.291 e. The Morgan fingerprint density at radius 2 is 1.86 bits per heavy atom. The summed E-state index contributed by atoms with van der Waals surface area (Å²) in [4.78, 5) is 12.1. The van der Waals surface area contributed by atoms with Gasteiger partial charge in [0, 0.05) is 11.1 Å². The Labute approximate surface area is 130 Å². The van der Waals surface area contributed by atoms with Crippen molar-refractivity contribution in [3.63, 3.8) is 0 Å². The number of nitrogens with one attached hydrogen (secondary N) is 2. The molecule has 0 fully saturated rings. The first-order chi connectivity index (χ1) is 10.3. The molecule has 1 aromatic carbocycles. The van der Waals surface area contributed by atoms with Gasteiger partial charge in [-0.15, -0.1) is 0 Å². The lowest BCUT2D eigenvalue weighted by Crippen LogP contribution is -2.19. The molecule has 116 valence electrons. The Bertz CT molecular complexity index is 690. The van der Waals surface area contributed by atoms with Crippen LogP contribution in [0.25, 0.3) is 0 Å². The summed E-state index contributed by atoms with van der Waals surface area (Å²) in [5, 5.41) is 11.1. The highest BCUT2D eigenvalue weighted by Gasteiger charge is 2.19. The van der Waals surface area contributed by atoms with E-state index in [0.717, 1.165) is 17.0 Å². The van der Waals surface area contributed by atoms with Gasteiger partial charge >= 0.3 is 0 Å². The quantitative estimate of drug-likeness (QED) is 0.675. The van der Waals surface area contributed by atoms with Gasteiger partial charge in [0.05, 0.1) is 5.71 Å². The van der Waals surface area contributed by atoms with Gasteiger partial charge in [0.25, 0.3) is 5.91 Å². The first-order valence-electron chi connectivity index (χ1n) is 7.25. The Morgan fingerprint density at radius 1 is 1.23 bits per heavy atom. The fraction of sp³-hybridized carbons (Fsp3) is 0.353. The van der Waals surface area contributed by atoms with E-state index >= 15 is 0 Å². The van der Waals surface area contributed by atoms with E-state index in [1.807, 2.05) is 38.1 Å². The number of amides is 1. The summed E-state index contributed by atoms with van der Waals surface area (Å²) in [6.45, 7) is 10.1. The molecule has 1 amide bonds. The smallest absolute Gasteiger partial charge is 0.281 e. The van der Waals surface area contributed by atoms with Crippen LogP contribution in [0.5, 0.6) is 0 Å². The Hall–Kier alpha value is -2.43. The van der Waals surface area contributed by atoms with E-state index in [1.54, 1.807) is 6.07 Å². The first-order valence-corrected chi connectivity index (χ1v) is 7.25. The third kappa shape index (κ3) is 3.81. The van der Waals surface area contributed by atoms with Crippen LogP contribution in [0.2, 0.25) is 0 Å². The number of aromatic nitrogens is 2. The van der Waals surface area contributed by atoms with E-state index in [9.17, 15) is 4.79 Å². The fourth-order valence-electron chi connectivity index (χ4n) is 1.87. The lowest BCUT2D eigenvalue weighted by atomic mass is 9.92. The predicted molar refractivity (Wildman–Crippen MR) is 88.1 cm³/mol. The van der Waals surface area contributed by atoms with Crippen molar-refractivity contribution in [3.05, 3.63) is 52.8 Å². The third-order valence-corrected chi connectivity index (χ3v) is 3.41. The lowest BCUT2D eigenvalue weighted by Gasteiger charge is -2.14. The standard InChI is InChI=1S/C17H22N4O/c1-11-6-8-13(9-7-11)12(2)18-21-16(22)14-10-15(20-19-14)17(3,4)5/h6-10H,1-5H3,(H,19,20)(H,21,22). The van der Waals surface area contributed by atoms with Crippen LogP contribution in [0.1, 0.15) is 55.0 Å². The topological polar surface area (TPSA) is 70.1 Å². The number of carbonyl (C=O) groups is 1. The number of rotatable bonds is 3. The number of aryl methyl sites for hydroxylation is 1. The molecule has 2 rings (SSSR count). The molecule has 0 saturated carbocycles. The first kappa shape index (κ1) is 15.9. The van der Waals surface area contributed by atoms with E-state index < -0.39 is 0 Å². The number of H-pyrrole nitrogens is 1. The number of carbonyl (C=O) groups excluding carboxylic acids is 1. The number of aromatic amines is 1. The minimum absolute atomic E-state index is 0.0768. The van der Waals surface area contributed by atoms with Crippen molar-refractivity contribution in [2.45, 2.75) is 40.0 Å². The maximum absolute atomic E-state index is 12.1. The van der Waals surface area contributed by atoms with Gasteiger partial charge in [-0.05, 0) is 25.5 Å². The number of benzene rings is 1. The molecule has 0 aliphatic heterocycles. The molecule has 22 heavy (non-hydrogen) atoms. The molecular formula is C17H22N4O. The molecule has 0 atom stereocenters. The molecule has 0 bridgehead atoms. The van der Waals surface area contributed by atoms with Gasteiger partial charge in [0.1, 0.15) is 0 Å². The predicted octanol–water partition coefficient (Wildman–Crippen LogP) is 3.17. The van der Waals surface area contributed by atoms with Crippen LogP contribution >= 0.6 is 0 Å². The summed E-state index contributed by atoms with van der Waals surface area (Å²) in [6.07, 6.45) is 0. The summed E-state index contributed by atoms with van der Waals surface area (Å²) in [6, 6.07) is 9.74. The largest absolute Gasteiger partial charge is 0.291 e. The summed E-state index contributed by atoms with van der Waals surface area (Å²) in [5.74, 6) is -0.321. The van der Waals surface area contributed by atoms with Crippen molar-refractivity contribution >= 4 is 11.6 Å². The van der Waals surface area contributed by atoms with Crippen molar-refractivity contribution in [3.8, 4) is 0 Å². The van der Waals surface area contributed by atoms with E-state index in [-0.39, 0.29) is 11.3 Å². The highest BCUT2D eigenvalue weighted by Crippen LogP contribution is 2.20. The minimum atomic E-state index is -0.321. The summed E-state index contributed by atoms with van der Waals surface area (Å²) in [5.41, 5.74) is 6.63. The van der Waals surface area contributed by atoms with Gasteiger partial charge in [-0.25, -0.2) is 5.43 Å². The van der Waals surface area contributed by atoms with Crippen LogP contribution < -0.4 is 5.43 Å². The zero-order valence-corrected chi connectivity index (χ0v) is 13.7. The number of hydrazone groups is 1. The molecule has 0 spiro atoms. The van der Waals surface area contributed by atoms with Crippen LogP contribution in [0, 0.1) is 6.92 Å². The third-order valence-electron chi connectivity index (χ3n) is 3.41. The zero-order valence-electron chi connectivity index (χ0n) is 13.7. The van der Waals surface area contributed by atoms with Gasteiger partial charge in [-0.2, -0.15) is 10.2 Å². The minimum Gasteiger partial charge on any atom is -0.281 e. The lowest BCUT2D eigenvalue weighted by molar-refractivity contribution is 0.0950. The molecule has 5 nitrogen and oxygen atoms in total. The number of nitrogens with zero attached hydrogens (tertiary/aromatic N) is 2. The highest BCUT2D eigenvalue weighted by molar-refractivity contribution is 6.00. The monoisotopic (exact) mass is 298 g/mol. The maximum atomic E-state index is 12.1. The van der Waals surface area contributed by atoms with E-state index in [4.69, 9.17) is 0 Å². The molecule has 0 saturated heterocycles. The molecule has 2 N–H and O–H groups in total. The summed E-state index contributed by atoms with van der Waals surface area (Å²) >= 11 is 0. The molecule has 0 aliphatic rings. The van der Waals surface area contributed by atoms with Gasteiger partial charge in [-0.3, -0.25) is 9.89 Å². The van der Waals surface area contributed by atoms with Gasteiger partial charge in [-0.1, -0.05) is 50.6 Å². The number of hydrogen-bond acceptors (Lipinski definition) is 3. The molecule has 0 unspecified atom stereocenters. The van der Waals surface area contributed by atoms with Crippen molar-refractivity contribution in [1.29, 1.82) is 0 Å². The second kappa shape index (κ2) is 6.13. The molecule has 1 aromatic heterocycles. The van der Waals surface area contributed by atoms with E-state index in [1.165, 1.54) is 5.56 Å². The number of hydrogen-bond donors (Lipinski definition) is 2. The van der Waals surface area contributed by atoms with Crippen LogP contribution in [0.15, 0.2) is 35.4 Å². The second-order valence-electron chi connectivity index (χ2n) is 6.42. The van der Waals surface area contributed by atoms with Gasteiger partial charge in [0.2, 0.25) is 0 Å². The molecule has 0 aliphatic carbocycles. The van der Waals surface area contributed by atoms with Crippen LogP contribution in [0.3, 0.4) is 0 Å². The van der Waals surface area contributed by atoms with Crippen molar-refractivity contribution < 1.29 is 4.79 Å². The van der Waals surface area contributed by atoms with Gasteiger partial charge in [0.15, 0.2) is 5.69 Å². The van der Waals surface area contributed by atoms with Crippen LogP contribution in [-0.4, -0.2) is 21.8 Å². The Morgan fingerprint density at radius 3 is 2.41 bits per heavy atom. The molecular weight excluding hydrogens is 276 g/mol. The van der Waals surface area contributed by atoms with Crippen LogP contribution in [-0.2, 0) is 5.41 Å². The van der Waals surface area contributed by atoms with E-state index in [0.29, 0.717) is 5.69 Å². The SMILES string of the molecule is CC(=NNC(=O)c1cc(C(C)(C)C)[nH]n1)c1ccc(C)cc1. The fourth-order valence-corrected chi connectivity index (χ4v) is 1.87. The summed E-state index contributed by atoms with van der Waals surface area (Å²) < 4.78 is 0. The molecule has 0 radical (unpaired) electrons. The molecule has 1 heterocycles. The second-order valence-corrected chi connectivity index (χ2v) is 6.42. The van der Waals surface area contributed by atoms with E-state index in [2.05, 4.69) is 41.5 Å². The zero-order chi connectivity index (χ0) is 16.3. The Balaban J connectivity index is 2.07. The van der Waals surface area contributed by atoms with Crippen molar-refractivity contribution in [2.24, 2.45) is 5.10 Å². The average Bonchev–Trinajstić information content (AvgIpc) is 2.95. The van der Waals surface area contributed by atoms with Gasteiger partial charge < -0.3 is 0 Å². The normalized spacial score (nSPS) is 12.3. The van der Waals surface area contributed by atoms with Crippen molar-refractivity contribution in [2.75, 3.05) is 0 Å². The van der Waals surface area contributed by atoms with Crippen LogP contribution in [0.4, 0.5) is 0 Å². The summed E-state index contributed by atoms with van der Waals surface area (Å²) in [7, 11) is 0. The Kier molecular flexibility index (Phi) is 4.45.